The van der Waals surface area contributed by atoms with Gasteiger partial charge in [-0.05, 0) is 127 Å². The fourth-order valence-electron chi connectivity index (χ4n) is 7.85. The van der Waals surface area contributed by atoms with Crippen molar-refractivity contribution in [1.82, 2.24) is 42.5 Å². The molecule has 9 atom stereocenters. The fraction of sp³-hybridized carbons (Fsp3) is 0.740. The lowest BCUT2D eigenvalue weighted by atomic mass is 10.0. The molecule has 0 aromatic carbocycles. The van der Waals surface area contributed by atoms with Crippen LogP contribution in [-0.4, -0.2) is 175 Å². The third-order valence-corrected chi connectivity index (χ3v) is 13.2. The number of hydrogen-bond acceptors (Lipinski definition) is 17. The van der Waals surface area contributed by atoms with E-state index in [1.54, 1.807) is 34.0 Å². The van der Waals surface area contributed by atoms with Crippen LogP contribution in [0.3, 0.4) is 0 Å². The van der Waals surface area contributed by atoms with Crippen molar-refractivity contribution in [1.29, 1.82) is 0 Å². The number of carboxylic acids is 1. The Kier molecular flexibility index (Phi) is 38.3. The second kappa shape index (κ2) is 41.9. The molecule has 0 aliphatic rings. The first-order valence-electron chi connectivity index (χ1n) is 27.6. The van der Waals surface area contributed by atoms with Crippen LogP contribution < -0.4 is 94.1 Å². The van der Waals surface area contributed by atoms with Crippen molar-refractivity contribution in [3.63, 3.8) is 0 Å². The van der Waals surface area contributed by atoms with Crippen LogP contribution >= 0.6 is 11.8 Å². The van der Waals surface area contributed by atoms with Crippen molar-refractivity contribution < 1.29 is 57.8 Å². The standard InChI is InChI=1S/C50H95N19O12S/c1-27(2)26-36(46(78)68-35(48(80)81)20-25-82-5)69-43(75)30(13-7-9-22-52)63-44(76)33(16-18-37(53)70)66-42(74)32(15-11-24-61-50(58)59)64-40(72)29(12-6-8-21-51)62-41(73)31(14-10-23-60-49(56)57)65-45(77)34(17-19-38(54)71)67-47(79)39(55)28(3)4/h27-36,39H,6-26,51-52,55H2,1-5H3,(H2,53,70)(H2,54,71)(H,62,73)(H,63,76)(H,64,72)(H,65,77)(H,66,74)(H,67,79)(H,68,78)(H,69,75)(H,80,81)(H4,56,57,60)(H4,58,59,61)/t29-,30-,31-,32-,33-,34-,35-,36-,39-/m0/s1. The molecule has 0 aliphatic carbocycles. The quantitative estimate of drug-likeness (QED) is 0.0154. The molecule has 10 amide bonds. The lowest BCUT2D eigenvalue weighted by Gasteiger charge is -2.28. The summed E-state index contributed by atoms with van der Waals surface area (Å²) in [6.07, 6.45) is 1.78. The van der Waals surface area contributed by atoms with Crippen LogP contribution in [0.2, 0.25) is 0 Å². The van der Waals surface area contributed by atoms with Crippen molar-refractivity contribution in [2.45, 2.75) is 185 Å². The third kappa shape index (κ3) is 33.0. The largest absolute Gasteiger partial charge is 0.480 e. The molecule has 0 saturated carbocycles. The van der Waals surface area contributed by atoms with Crippen molar-refractivity contribution in [3.05, 3.63) is 0 Å². The summed E-state index contributed by atoms with van der Waals surface area (Å²) in [4.78, 5) is 156. The molecule has 0 fully saturated rings. The Bertz CT molecular complexity index is 2130. The molecular formula is C50H95N19O12S. The van der Waals surface area contributed by atoms with Crippen LogP contribution in [-0.2, 0) is 52.7 Å². The molecule has 0 aliphatic heterocycles. The molecule has 27 N–H and O–H groups in total. The van der Waals surface area contributed by atoms with E-state index in [0.29, 0.717) is 25.0 Å². The molecule has 0 heterocycles. The van der Waals surface area contributed by atoms with Crippen LogP contribution in [0.5, 0.6) is 0 Å². The van der Waals surface area contributed by atoms with E-state index in [1.807, 2.05) is 0 Å². The summed E-state index contributed by atoms with van der Waals surface area (Å²) in [6, 6.07) is -12.1. The van der Waals surface area contributed by atoms with Crippen LogP contribution in [0.1, 0.15) is 130 Å². The Morgan fingerprint density at radius 2 is 0.732 bits per heavy atom. The minimum Gasteiger partial charge on any atom is -0.480 e. The van der Waals surface area contributed by atoms with Crippen molar-refractivity contribution >= 4 is 88.7 Å². The molecule has 0 aromatic rings. The van der Waals surface area contributed by atoms with Crippen LogP contribution in [0, 0.1) is 11.8 Å². The van der Waals surface area contributed by atoms with E-state index >= 15 is 0 Å². The number of nitrogens with two attached hydrogens (primary N) is 9. The molecule has 468 valence electrons. The van der Waals surface area contributed by atoms with Gasteiger partial charge in [0.1, 0.15) is 48.3 Å². The minimum atomic E-state index is -1.58. The van der Waals surface area contributed by atoms with Gasteiger partial charge in [0, 0.05) is 25.9 Å². The van der Waals surface area contributed by atoms with Crippen LogP contribution in [0.4, 0.5) is 0 Å². The molecule has 0 unspecified atom stereocenters. The summed E-state index contributed by atoms with van der Waals surface area (Å²) in [5, 5.41) is 30.5. The predicted octanol–water partition coefficient (Wildman–Crippen LogP) is -5.37. The maximum absolute atomic E-state index is 14.4. The number of nitrogens with one attached hydrogen (secondary N) is 8. The Labute approximate surface area is 484 Å². The molecule has 0 radical (unpaired) electrons. The van der Waals surface area contributed by atoms with Gasteiger partial charge >= 0.3 is 5.97 Å². The summed E-state index contributed by atoms with van der Waals surface area (Å²) < 4.78 is 0. The van der Waals surface area contributed by atoms with E-state index in [2.05, 4.69) is 52.5 Å². The second-order valence-corrected chi connectivity index (χ2v) is 21.5. The van der Waals surface area contributed by atoms with Gasteiger partial charge in [-0.15, -0.1) is 0 Å². The van der Waals surface area contributed by atoms with Gasteiger partial charge in [0.15, 0.2) is 11.9 Å². The molecule has 32 heteroatoms. The van der Waals surface area contributed by atoms with Gasteiger partial charge in [0.2, 0.25) is 59.1 Å². The van der Waals surface area contributed by atoms with Crippen molar-refractivity contribution in [2.24, 2.45) is 73.4 Å². The summed E-state index contributed by atoms with van der Waals surface area (Å²) >= 11 is 1.39. The number of unbranched alkanes of at least 4 members (excludes halogenated alkanes) is 2. The highest BCUT2D eigenvalue weighted by Crippen LogP contribution is 2.13. The number of rotatable bonds is 45. The summed E-state index contributed by atoms with van der Waals surface area (Å²) in [5.41, 5.74) is 50.5. The van der Waals surface area contributed by atoms with E-state index in [4.69, 9.17) is 51.6 Å². The first kappa shape index (κ1) is 74.9. The molecule has 0 bridgehead atoms. The molecule has 31 nitrogen and oxygen atoms in total. The molecule has 0 aromatic heterocycles. The molecule has 0 spiro atoms. The maximum Gasteiger partial charge on any atom is 0.326 e. The Hall–Kier alpha value is -7.06. The third-order valence-electron chi connectivity index (χ3n) is 12.5. The first-order valence-corrected chi connectivity index (χ1v) is 29.0. The van der Waals surface area contributed by atoms with E-state index in [0.717, 1.165) is 0 Å². The van der Waals surface area contributed by atoms with Crippen LogP contribution in [0.25, 0.3) is 0 Å². The highest BCUT2D eigenvalue weighted by atomic mass is 32.2. The molecule has 82 heavy (non-hydrogen) atoms. The Morgan fingerprint density at radius 3 is 1.02 bits per heavy atom. The molecule has 0 rings (SSSR count). The lowest BCUT2D eigenvalue weighted by Crippen LogP contribution is -2.60. The second-order valence-electron chi connectivity index (χ2n) is 20.5. The van der Waals surface area contributed by atoms with Gasteiger partial charge in [-0.2, -0.15) is 11.8 Å². The van der Waals surface area contributed by atoms with Gasteiger partial charge in [-0.25, -0.2) is 4.79 Å². The normalized spacial score (nSPS) is 14.4. The maximum atomic E-state index is 14.4. The number of aliphatic carboxylic acids is 1. The SMILES string of the molecule is CSCC[C@H](NC(=O)[C@H](CC(C)C)NC(=O)[C@H](CCCCN)NC(=O)[C@H](CCC(N)=O)NC(=O)[C@H](CCCN=C(N)N)NC(=O)[C@H](CCCCN)NC(=O)[C@H](CCCN=C(N)N)NC(=O)[C@H](CCC(N)=O)NC(=O)[C@@H](N)C(C)C)C(=O)O. The molecule has 0 saturated heterocycles. The summed E-state index contributed by atoms with van der Waals surface area (Å²) in [5.74, 6) is -10.4. The zero-order valence-electron chi connectivity index (χ0n) is 48.1. The fourth-order valence-corrected chi connectivity index (χ4v) is 8.32. The van der Waals surface area contributed by atoms with Gasteiger partial charge in [-0.3, -0.25) is 57.9 Å². The minimum absolute atomic E-state index is 0.00621. The zero-order chi connectivity index (χ0) is 62.5. The van der Waals surface area contributed by atoms with Gasteiger partial charge < -0.3 is 99.2 Å². The number of primary amides is 2. The van der Waals surface area contributed by atoms with E-state index in [1.165, 1.54) is 11.8 Å². The summed E-state index contributed by atoms with van der Waals surface area (Å²) in [7, 11) is 0. The van der Waals surface area contributed by atoms with Gasteiger partial charge in [0.25, 0.3) is 0 Å². The number of guanidine groups is 2. The number of thioether (sulfide) groups is 1. The Morgan fingerprint density at radius 1 is 0.427 bits per heavy atom. The number of carboxylic acid groups (broad SMARTS) is 1. The monoisotopic (exact) mass is 1190 g/mol. The highest BCUT2D eigenvalue weighted by molar-refractivity contribution is 7.98. The number of aliphatic imine (C=N–C) groups is 2. The first-order chi connectivity index (χ1) is 38.6. The van der Waals surface area contributed by atoms with E-state index in [9.17, 15) is 57.8 Å². The number of carbonyl (C=O) groups excluding carboxylic acids is 10. The average Bonchev–Trinajstić information content (AvgIpc) is 3.40. The van der Waals surface area contributed by atoms with E-state index < -0.39 is 132 Å². The lowest BCUT2D eigenvalue weighted by molar-refractivity contribution is -0.142. The highest BCUT2D eigenvalue weighted by Gasteiger charge is 2.35. The number of hydrogen-bond donors (Lipinski definition) is 18. The Balaban J connectivity index is 7.22. The van der Waals surface area contributed by atoms with Gasteiger partial charge in [-0.1, -0.05) is 27.7 Å². The summed E-state index contributed by atoms with van der Waals surface area (Å²) in [6.45, 7) is 7.36. The van der Waals surface area contributed by atoms with Crippen molar-refractivity contribution in [3.8, 4) is 0 Å². The smallest absolute Gasteiger partial charge is 0.326 e. The number of amides is 10. The van der Waals surface area contributed by atoms with Crippen LogP contribution in [0.15, 0.2) is 9.98 Å². The van der Waals surface area contributed by atoms with E-state index in [-0.39, 0.29) is 121 Å². The zero-order valence-corrected chi connectivity index (χ0v) is 49.0. The van der Waals surface area contributed by atoms with Crippen molar-refractivity contribution in [2.75, 3.05) is 38.2 Å². The predicted molar refractivity (Wildman–Crippen MR) is 311 cm³/mol. The van der Waals surface area contributed by atoms with Gasteiger partial charge in [0.05, 0.1) is 6.04 Å². The number of nitrogens with zero attached hydrogens (tertiary/aromatic N) is 2. The average molecular weight is 1190 g/mol. The molecular weight excluding hydrogens is 1090 g/mol. The number of carbonyl (C=O) groups is 11. The topological polar surface area (TPSA) is 563 Å².